The number of aliphatic hydroxyl groups is 1. The summed E-state index contributed by atoms with van der Waals surface area (Å²) in [6, 6.07) is 8.04. The summed E-state index contributed by atoms with van der Waals surface area (Å²) in [5, 5.41) is 9.01. The molecule has 1 N–H and O–H groups in total. The van der Waals surface area contributed by atoms with Crippen molar-refractivity contribution in [3.63, 3.8) is 0 Å². The minimum absolute atomic E-state index is 0.0708. The monoisotopic (exact) mass is 164 g/mol. The Hall–Kier alpha value is -0.860. The molecule has 0 saturated heterocycles. The lowest BCUT2D eigenvalue weighted by atomic mass is 10.0. The first-order valence-electron chi connectivity index (χ1n) is 4.18. The Bertz CT molecular complexity index is 283. The van der Waals surface area contributed by atoms with E-state index in [-0.39, 0.29) is 18.8 Å². The molecule has 1 aromatic rings. The van der Waals surface area contributed by atoms with Crippen molar-refractivity contribution in [1.29, 1.82) is 0 Å². The minimum Gasteiger partial charge on any atom is -0.393 e. The van der Waals surface area contributed by atoms with Gasteiger partial charge in [-0.2, -0.15) is 0 Å². The average Bonchev–Trinajstić information content (AvgIpc) is 2.44. The Morgan fingerprint density at radius 1 is 1.33 bits per heavy atom. The zero-order chi connectivity index (χ0) is 8.55. The van der Waals surface area contributed by atoms with E-state index >= 15 is 0 Å². The van der Waals surface area contributed by atoms with Crippen molar-refractivity contribution in [3.05, 3.63) is 35.4 Å². The lowest BCUT2D eigenvalue weighted by molar-refractivity contribution is -0.0105. The molecular weight excluding hydrogens is 152 g/mol. The van der Waals surface area contributed by atoms with Gasteiger partial charge in [0.2, 0.25) is 0 Å². The van der Waals surface area contributed by atoms with Crippen LogP contribution in [0.4, 0.5) is 0 Å². The molecule has 2 heteroatoms. The van der Waals surface area contributed by atoms with Gasteiger partial charge in [0.25, 0.3) is 0 Å². The molecule has 0 aliphatic carbocycles. The first kappa shape index (κ1) is 7.77. The third kappa shape index (κ3) is 1.04. The molecule has 0 saturated carbocycles. The van der Waals surface area contributed by atoms with Crippen LogP contribution >= 0.6 is 0 Å². The predicted octanol–water partition coefficient (Wildman–Crippen LogP) is 1.81. The third-order valence-electron chi connectivity index (χ3n) is 2.32. The number of hydrogen-bond donors (Lipinski definition) is 1. The van der Waals surface area contributed by atoms with Crippen LogP contribution in [-0.2, 0) is 4.74 Å². The molecule has 1 aliphatic heterocycles. The SMILES string of the molecule is CC1OC(CO)c2ccccc21. The summed E-state index contributed by atoms with van der Waals surface area (Å²) in [6.07, 6.45) is 0.00884. The van der Waals surface area contributed by atoms with Crippen molar-refractivity contribution in [3.8, 4) is 0 Å². The molecule has 0 bridgehead atoms. The van der Waals surface area contributed by atoms with E-state index in [0.29, 0.717) is 0 Å². The van der Waals surface area contributed by atoms with Gasteiger partial charge in [-0.25, -0.2) is 0 Å². The summed E-state index contributed by atoms with van der Waals surface area (Å²) in [6.45, 7) is 2.08. The molecule has 0 amide bonds. The molecule has 12 heavy (non-hydrogen) atoms. The van der Waals surface area contributed by atoms with E-state index in [2.05, 4.69) is 6.07 Å². The normalized spacial score (nSPS) is 27.2. The lowest BCUT2D eigenvalue weighted by Gasteiger charge is -2.06. The van der Waals surface area contributed by atoms with Crippen molar-refractivity contribution in [2.24, 2.45) is 0 Å². The van der Waals surface area contributed by atoms with Gasteiger partial charge >= 0.3 is 0 Å². The first-order valence-corrected chi connectivity index (χ1v) is 4.18. The maximum atomic E-state index is 9.01. The molecule has 2 unspecified atom stereocenters. The zero-order valence-corrected chi connectivity index (χ0v) is 7.03. The molecule has 2 atom stereocenters. The fraction of sp³-hybridized carbons (Fsp3) is 0.400. The van der Waals surface area contributed by atoms with Gasteiger partial charge in [-0.1, -0.05) is 24.3 Å². The Morgan fingerprint density at radius 2 is 2.00 bits per heavy atom. The van der Waals surface area contributed by atoms with Gasteiger partial charge < -0.3 is 9.84 Å². The Labute approximate surface area is 71.8 Å². The van der Waals surface area contributed by atoms with Gasteiger partial charge in [0.15, 0.2) is 0 Å². The van der Waals surface area contributed by atoms with Crippen LogP contribution in [0.1, 0.15) is 30.3 Å². The molecule has 0 radical (unpaired) electrons. The summed E-state index contributed by atoms with van der Waals surface area (Å²) >= 11 is 0. The van der Waals surface area contributed by atoms with Gasteiger partial charge in [-0.15, -0.1) is 0 Å². The zero-order valence-electron chi connectivity index (χ0n) is 7.03. The van der Waals surface area contributed by atoms with Crippen LogP contribution in [0, 0.1) is 0 Å². The van der Waals surface area contributed by atoms with Crippen molar-refractivity contribution in [2.75, 3.05) is 6.61 Å². The number of fused-ring (bicyclic) bond motifs is 1. The molecule has 2 nitrogen and oxygen atoms in total. The van der Waals surface area contributed by atoms with Crippen LogP contribution < -0.4 is 0 Å². The van der Waals surface area contributed by atoms with Crippen molar-refractivity contribution < 1.29 is 9.84 Å². The number of aliphatic hydroxyl groups excluding tert-OH is 1. The summed E-state index contributed by atoms with van der Waals surface area (Å²) in [4.78, 5) is 0. The van der Waals surface area contributed by atoms with Crippen LogP contribution in [0.3, 0.4) is 0 Å². The molecule has 1 aliphatic rings. The topological polar surface area (TPSA) is 29.5 Å². The Kier molecular flexibility index (Phi) is 1.87. The summed E-state index contributed by atoms with van der Waals surface area (Å²) in [5.74, 6) is 0. The Morgan fingerprint density at radius 3 is 2.67 bits per heavy atom. The van der Waals surface area contributed by atoms with E-state index < -0.39 is 0 Å². The molecular formula is C10H12O2. The summed E-state index contributed by atoms with van der Waals surface area (Å²) < 4.78 is 5.53. The average molecular weight is 164 g/mol. The highest BCUT2D eigenvalue weighted by Crippen LogP contribution is 2.37. The van der Waals surface area contributed by atoms with Gasteiger partial charge in [0.05, 0.1) is 12.7 Å². The third-order valence-corrected chi connectivity index (χ3v) is 2.32. The number of rotatable bonds is 1. The van der Waals surface area contributed by atoms with Gasteiger partial charge in [0, 0.05) is 0 Å². The highest BCUT2D eigenvalue weighted by atomic mass is 16.5. The fourth-order valence-corrected chi connectivity index (χ4v) is 1.71. The fourth-order valence-electron chi connectivity index (χ4n) is 1.71. The van der Waals surface area contributed by atoms with Gasteiger partial charge in [-0.05, 0) is 18.1 Å². The van der Waals surface area contributed by atoms with Crippen molar-refractivity contribution in [2.45, 2.75) is 19.1 Å². The van der Waals surface area contributed by atoms with Gasteiger partial charge in [-0.3, -0.25) is 0 Å². The van der Waals surface area contributed by atoms with Crippen molar-refractivity contribution >= 4 is 0 Å². The second-order valence-corrected chi connectivity index (χ2v) is 3.08. The van der Waals surface area contributed by atoms with Gasteiger partial charge in [0.1, 0.15) is 6.10 Å². The maximum absolute atomic E-state index is 9.01. The molecule has 0 aromatic heterocycles. The molecule has 2 rings (SSSR count). The predicted molar refractivity (Wildman–Crippen MR) is 45.8 cm³/mol. The minimum atomic E-state index is -0.115. The summed E-state index contributed by atoms with van der Waals surface area (Å²) in [5.41, 5.74) is 2.34. The van der Waals surface area contributed by atoms with E-state index in [9.17, 15) is 0 Å². The smallest absolute Gasteiger partial charge is 0.107 e. The van der Waals surface area contributed by atoms with E-state index in [0.717, 1.165) is 5.56 Å². The first-order chi connectivity index (χ1) is 5.83. The van der Waals surface area contributed by atoms with Crippen LogP contribution in [0.25, 0.3) is 0 Å². The molecule has 0 spiro atoms. The molecule has 1 aromatic carbocycles. The van der Waals surface area contributed by atoms with Crippen LogP contribution in [0.5, 0.6) is 0 Å². The molecule has 1 heterocycles. The summed E-state index contributed by atoms with van der Waals surface area (Å²) in [7, 11) is 0. The second-order valence-electron chi connectivity index (χ2n) is 3.08. The molecule has 0 fully saturated rings. The van der Waals surface area contributed by atoms with Crippen LogP contribution in [-0.4, -0.2) is 11.7 Å². The second kappa shape index (κ2) is 2.88. The number of ether oxygens (including phenoxy) is 1. The number of hydrogen-bond acceptors (Lipinski definition) is 2. The van der Waals surface area contributed by atoms with E-state index in [4.69, 9.17) is 9.84 Å². The van der Waals surface area contributed by atoms with Crippen LogP contribution in [0.15, 0.2) is 24.3 Å². The van der Waals surface area contributed by atoms with E-state index in [1.807, 2.05) is 25.1 Å². The Balaban J connectivity index is 2.43. The highest BCUT2D eigenvalue weighted by molar-refractivity contribution is 5.34. The maximum Gasteiger partial charge on any atom is 0.107 e. The van der Waals surface area contributed by atoms with Crippen molar-refractivity contribution in [1.82, 2.24) is 0 Å². The quantitative estimate of drug-likeness (QED) is 0.686. The van der Waals surface area contributed by atoms with Crippen LogP contribution in [0.2, 0.25) is 0 Å². The number of benzene rings is 1. The molecule has 64 valence electrons. The highest BCUT2D eigenvalue weighted by Gasteiger charge is 2.27. The lowest BCUT2D eigenvalue weighted by Crippen LogP contribution is -2.01. The van der Waals surface area contributed by atoms with E-state index in [1.54, 1.807) is 0 Å². The standard InChI is InChI=1S/C10H12O2/c1-7-8-4-2-3-5-9(8)10(6-11)12-7/h2-5,7,10-11H,6H2,1H3. The largest absolute Gasteiger partial charge is 0.393 e. The van der Waals surface area contributed by atoms with E-state index in [1.165, 1.54) is 5.56 Å².